The van der Waals surface area contributed by atoms with Crippen molar-refractivity contribution in [3.63, 3.8) is 0 Å². The van der Waals surface area contributed by atoms with Gasteiger partial charge in [-0.25, -0.2) is 0 Å². The molecule has 0 radical (unpaired) electrons. The van der Waals surface area contributed by atoms with Crippen molar-refractivity contribution in [3.05, 3.63) is 52.3 Å². The molecule has 21 heavy (non-hydrogen) atoms. The van der Waals surface area contributed by atoms with E-state index >= 15 is 0 Å². The molecule has 3 nitrogen and oxygen atoms in total. The molecule has 0 saturated heterocycles. The number of likely N-dealkylation sites (N-methyl/N-ethyl adjacent to an activating group) is 1. The Hall–Kier alpha value is -1.13. The summed E-state index contributed by atoms with van der Waals surface area (Å²) in [5, 5.41) is 8.02. The van der Waals surface area contributed by atoms with E-state index in [0.29, 0.717) is 12.0 Å². The number of hydrogen-bond acceptors (Lipinski definition) is 2. The monoisotopic (exact) mass is 349 g/mol. The summed E-state index contributed by atoms with van der Waals surface area (Å²) < 4.78 is 3.18. The Labute approximate surface area is 135 Å². The van der Waals surface area contributed by atoms with Crippen LogP contribution in [0.15, 0.2) is 41.0 Å². The van der Waals surface area contributed by atoms with Crippen LogP contribution in [0.4, 0.5) is 0 Å². The predicted molar refractivity (Wildman–Crippen MR) is 91.6 cm³/mol. The van der Waals surface area contributed by atoms with Gasteiger partial charge in [-0.3, -0.25) is 4.68 Å². The van der Waals surface area contributed by atoms with Crippen LogP contribution in [0.25, 0.3) is 0 Å². The van der Waals surface area contributed by atoms with E-state index in [0.717, 1.165) is 10.9 Å². The van der Waals surface area contributed by atoms with Gasteiger partial charge in [0.15, 0.2) is 0 Å². The molecule has 2 atom stereocenters. The normalized spacial score (nSPS) is 14.4. The fourth-order valence-electron chi connectivity index (χ4n) is 2.95. The third-order valence-electron chi connectivity index (χ3n) is 3.95. The summed E-state index contributed by atoms with van der Waals surface area (Å²) in [4.78, 5) is 0. The fourth-order valence-corrected chi connectivity index (χ4v) is 3.47. The van der Waals surface area contributed by atoms with Gasteiger partial charge in [0.25, 0.3) is 0 Å². The van der Waals surface area contributed by atoms with Crippen molar-refractivity contribution in [2.24, 2.45) is 0 Å². The SMILES string of the molecule is CCC(c1ccccc1)C(NC)c1c(Br)cnn1C(C)C. The third kappa shape index (κ3) is 3.38. The van der Waals surface area contributed by atoms with Gasteiger partial charge in [-0.2, -0.15) is 5.10 Å². The van der Waals surface area contributed by atoms with E-state index in [1.807, 2.05) is 13.2 Å². The highest BCUT2D eigenvalue weighted by Crippen LogP contribution is 2.37. The molecule has 114 valence electrons. The van der Waals surface area contributed by atoms with Crippen LogP contribution in [0.1, 0.15) is 56.5 Å². The second-order valence-electron chi connectivity index (χ2n) is 5.61. The molecule has 0 spiro atoms. The van der Waals surface area contributed by atoms with Gasteiger partial charge in [0, 0.05) is 12.0 Å². The third-order valence-corrected chi connectivity index (χ3v) is 4.56. The summed E-state index contributed by atoms with van der Waals surface area (Å²) in [6.07, 6.45) is 2.97. The quantitative estimate of drug-likeness (QED) is 0.820. The molecule has 2 aromatic rings. The van der Waals surface area contributed by atoms with Crippen LogP contribution < -0.4 is 5.32 Å². The van der Waals surface area contributed by atoms with E-state index in [9.17, 15) is 0 Å². The first-order chi connectivity index (χ1) is 10.1. The topological polar surface area (TPSA) is 29.9 Å². The van der Waals surface area contributed by atoms with Gasteiger partial charge in [-0.1, -0.05) is 37.3 Å². The zero-order valence-electron chi connectivity index (χ0n) is 13.2. The van der Waals surface area contributed by atoms with Crippen LogP contribution in [0.2, 0.25) is 0 Å². The lowest BCUT2D eigenvalue weighted by molar-refractivity contribution is 0.407. The van der Waals surface area contributed by atoms with E-state index in [2.05, 4.69) is 82.1 Å². The van der Waals surface area contributed by atoms with Crippen molar-refractivity contribution in [3.8, 4) is 0 Å². The summed E-state index contributed by atoms with van der Waals surface area (Å²) in [5.41, 5.74) is 2.59. The fraction of sp³-hybridized carbons (Fsp3) is 0.471. The number of rotatable bonds is 6. The van der Waals surface area contributed by atoms with Gasteiger partial charge in [-0.05, 0) is 48.8 Å². The van der Waals surface area contributed by atoms with Gasteiger partial charge in [0.2, 0.25) is 0 Å². The first-order valence-electron chi connectivity index (χ1n) is 7.55. The lowest BCUT2D eigenvalue weighted by atomic mass is 9.87. The van der Waals surface area contributed by atoms with Gasteiger partial charge in [0.1, 0.15) is 0 Å². The average molecular weight is 350 g/mol. The van der Waals surface area contributed by atoms with Crippen molar-refractivity contribution in [1.82, 2.24) is 15.1 Å². The Kier molecular flexibility index (Phi) is 5.59. The zero-order valence-corrected chi connectivity index (χ0v) is 14.8. The molecule has 1 aromatic carbocycles. The van der Waals surface area contributed by atoms with Crippen molar-refractivity contribution in [2.75, 3.05) is 7.05 Å². The average Bonchev–Trinajstić information content (AvgIpc) is 2.87. The molecule has 0 saturated carbocycles. The Morgan fingerprint density at radius 2 is 1.90 bits per heavy atom. The minimum atomic E-state index is 0.233. The maximum absolute atomic E-state index is 4.52. The lowest BCUT2D eigenvalue weighted by Gasteiger charge is -2.28. The molecule has 4 heteroatoms. The van der Waals surface area contributed by atoms with Crippen LogP contribution >= 0.6 is 15.9 Å². The van der Waals surface area contributed by atoms with E-state index in [1.165, 1.54) is 11.3 Å². The van der Waals surface area contributed by atoms with Crippen LogP contribution in [0, 0.1) is 0 Å². The number of nitrogens with one attached hydrogen (secondary N) is 1. The minimum absolute atomic E-state index is 0.233. The highest BCUT2D eigenvalue weighted by atomic mass is 79.9. The molecular formula is C17H24BrN3. The van der Waals surface area contributed by atoms with Crippen molar-refractivity contribution < 1.29 is 0 Å². The molecule has 2 unspecified atom stereocenters. The summed E-state index contributed by atoms with van der Waals surface area (Å²) in [7, 11) is 2.03. The maximum atomic E-state index is 4.52. The first-order valence-corrected chi connectivity index (χ1v) is 8.34. The second kappa shape index (κ2) is 7.23. The van der Waals surface area contributed by atoms with Gasteiger partial charge in [-0.15, -0.1) is 0 Å². The number of benzene rings is 1. The molecule has 0 aliphatic carbocycles. The zero-order chi connectivity index (χ0) is 15.4. The molecule has 1 heterocycles. The Morgan fingerprint density at radius 1 is 1.24 bits per heavy atom. The van der Waals surface area contributed by atoms with Crippen molar-refractivity contribution >= 4 is 15.9 Å². The van der Waals surface area contributed by atoms with Crippen molar-refractivity contribution in [2.45, 2.75) is 45.2 Å². The number of hydrogen-bond donors (Lipinski definition) is 1. The summed E-state index contributed by atoms with van der Waals surface area (Å²) in [6.45, 7) is 6.57. The van der Waals surface area contributed by atoms with Crippen LogP contribution in [-0.2, 0) is 0 Å². The van der Waals surface area contributed by atoms with Crippen LogP contribution in [0.3, 0.4) is 0 Å². The molecule has 0 bridgehead atoms. The molecule has 2 rings (SSSR count). The Bertz CT molecular complexity index is 563. The standard InChI is InChI=1S/C17H24BrN3/c1-5-14(13-9-7-6-8-10-13)16(19-4)17-15(18)11-20-21(17)12(2)3/h6-12,14,16,19H,5H2,1-4H3. The first kappa shape index (κ1) is 16.2. The van der Waals surface area contributed by atoms with Crippen LogP contribution in [-0.4, -0.2) is 16.8 Å². The molecule has 0 aliphatic rings. The van der Waals surface area contributed by atoms with E-state index in [-0.39, 0.29) is 6.04 Å². The number of halogens is 1. The highest BCUT2D eigenvalue weighted by Gasteiger charge is 2.27. The molecule has 0 fully saturated rings. The second-order valence-corrected chi connectivity index (χ2v) is 6.46. The molecular weight excluding hydrogens is 326 g/mol. The van der Waals surface area contributed by atoms with E-state index in [4.69, 9.17) is 0 Å². The number of aromatic nitrogens is 2. The molecule has 1 N–H and O–H groups in total. The predicted octanol–water partition coefficient (Wildman–Crippen LogP) is 4.68. The molecule has 0 amide bonds. The van der Waals surface area contributed by atoms with Crippen molar-refractivity contribution in [1.29, 1.82) is 0 Å². The molecule has 0 aliphatic heterocycles. The van der Waals surface area contributed by atoms with Crippen LogP contribution in [0.5, 0.6) is 0 Å². The largest absolute Gasteiger partial charge is 0.311 e. The van der Waals surface area contributed by atoms with Gasteiger partial charge in [0.05, 0.1) is 22.4 Å². The lowest BCUT2D eigenvalue weighted by Crippen LogP contribution is -2.27. The Balaban J connectivity index is 2.45. The van der Waals surface area contributed by atoms with E-state index in [1.54, 1.807) is 0 Å². The minimum Gasteiger partial charge on any atom is -0.311 e. The van der Waals surface area contributed by atoms with E-state index < -0.39 is 0 Å². The summed E-state index contributed by atoms with van der Waals surface area (Å²) in [6, 6.07) is 11.3. The maximum Gasteiger partial charge on any atom is 0.0704 e. The van der Waals surface area contributed by atoms with Gasteiger partial charge < -0.3 is 5.32 Å². The Morgan fingerprint density at radius 3 is 2.43 bits per heavy atom. The highest BCUT2D eigenvalue weighted by molar-refractivity contribution is 9.10. The molecule has 1 aromatic heterocycles. The smallest absolute Gasteiger partial charge is 0.0704 e. The summed E-state index contributed by atoms with van der Waals surface area (Å²) >= 11 is 3.67. The summed E-state index contributed by atoms with van der Waals surface area (Å²) in [5.74, 6) is 0.418. The number of nitrogens with zero attached hydrogens (tertiary/aromatic N) is 2. The van der Waals surface area contributed by atoms with Gasteiger partial charge >= 0.3 is 0 Å².